The summed E-state index contributed by atoms with van der Waals surface area (Å²) in [4.78, 5) is 4.66. The molecule has 1 aromatic heterocycles. The summed E-state index contributed by atoms with van der Waals surface area (Å²) in [6, 6.07) is 13.1. The molecule has 0 saturated carbocycles. The maximum absolute atomic E-state index is 12.5. The van der Waals surface area contributed by atoms with E-state index in [0.29, 0.717) is 16.5 Å². The van der Waals surface area contributed by atoms with E-state index in [4.69, 9.17) is 5.26 Å². The molecule has 0 bridgehead atoms. The van der Waals surface area contributed by atoms with E-state index >= 15 is 0 Å². The van der Waals surface area contributed by atoms with Gasteiger partial charge in [-0.25, -0.2) is 13.4 Å². The highest BCUT2D eigenvalue weighted by molar-refractivity contribution is 8.01. The topological polar surface area (TPSA) is 82.8 Å². The molecule has 0 aliphatic rings. The maximum Gasteiger partial charge on any atom is 0.261 e. The molecule has 0 unspecified atom stereocenters. The van der Waals surface area contributed by atoms with Crippen LogP contribution < -0.4 is 4.72 Å². The Morgan fingerprint density at radius 1 is 1.20 bits per heavy atom. The third kappa shape index (κ3) is 4.12. The summed E-state index contributed by atoms with van der Waals surface area (Å²) in [5, 5.41) is 9.24. The van der Waals surface area contributed by atoms with Crippen molar-refractivity contribution in [2.45, 2.75) is 28.3 Å². The predicted octanol–water partition coefficient (Wildman–Crippen LogP) is 4.47. The fourth-order valence-corrected chi connectivity index (χ4v) is 5.52. The summed E-state index contributed by atoms with van der Waals surface area (Å²) in [5.41, 5.74) is 1.76. The van der Waals surface area contributed by atoms with Gasteiger partial charge in [0, 0.05) is 5.25 Å². The molecule has 0 aliphatic heterocycles. The van der Waals surface area contributed by atoms with Gasteiger partial charge in [-0.1, -0.05) is 25.6 Å². The smallest absolute Gasteiger partial charge is 0.261 e. The standard InChI is InChI=1S/C17H15N3O2S3/c1-11(2)23-17-19-15-8-5-13(9-16(15)24-17)20-25(21,22)14-6-3-12(10-18)4-7-14/h3-9,11,20H,1-2H3. The van der Waals surface area contributed by atoms with Crippen LogP contribution in [0.1, 0.15) is 19.4 Å². The molecule has 0 radical (unpaired) electrons. The van der Waals surface area contributed by atoms with Crippen LogP contribution in [0.2, 0.25) is 0 Å². The zero-order valence-corrected chi connectivity index (χ0v) is 16.0. The van der Waals surface area contributed by atoms with Crippen molar-refractivity contribution in [2.75, 3.05) is 4.72 Å². The van der Waals surface area contributed by atoms with Crippen LogP contribution in [0.4, 0.5) is 5.69 Å². The lowest BCUT2D eigenvalue weighted by Gasteiger charge is -2.08. The fourth-order valence-electron chi connectivity index (χ4n) is 2.14. The summed E-state index contributed by atoms with van der Waals surface area (Å²) in [6.45, 7) is 4.21. The molecule has 25 heavy (non-hydrogen) atoms. The Labute approximate surface area is 154 Å². The third-order valence-corrected chi connectivity index (χ3v) is 6.76. The van der Waals surface area contributed by atoms with Gasteiger partial charge in [0.15, 0.2) is 4.34 Å². The largest absolute Gasteiger partial charge is 0.280 e. The Hall–Kier alpha value is -2.08. The van der Waals surface area contributed by atoms with Crippen molar-refractivity contribution in [1.82, 2.24) is 4.98 Å². The zero-order valence-electron chi connectivity index (χ0n) is 13.6. The molecule has 0 saturated heterocycles. The molecule has 5 nitrogen and oxygen atoms in total. The number of thioether (sulfide) groups is 1. The Morgan fingerprint density at radius 2 is 1.92 bits per heavy atom. The first-order chi connectivity index (χ1) is 11.9. The molecule has 2 aromatic carbocycles. The predicted molar refractivity (Wildman–Crippen MR) is 103 cm³/mol. The molecule has 3 rings (SSSR count). The van der Waals surface area contributed by atoms with Gasteiger partial charge in [0.25, 0.3) is 10.0 Å². The minimum atomic E-state index is -3.70. The second-order valence-corrected chi connectivity index (χ2v) is 10.1. The van der Waals surface area contributed by atoms with Crippen LogP contribution in [0, 0.1) is 11.3 Å². The fraction of sp³-hybridized carbons (Fsp3) is 0.176. The number of thiazole rings is 1. The van der Waals surface area contributed by atoms with Crippen LogP contribution in [0.25, 0.3) is 10.2 Å². The van der Waals surface area contributed by atoms with E-state index in [1.165, 1.54) is 24.3 Å². The number of anilines is 1. The molecule has 3 aromatic rings. The first-order valence-electron chi connectivity index (χ1n) is 7.47. The molecular weight excluding hydrogens is 374 g/mol. The van der Waals surface area contributed by atoms with Crippen LogP contribution in [0.5, 0.6) is 0 Å². The minimum absolute atomic E-state index is 0.118. The van der Waals surface area contributed by atoms with Crippen molar-refractivity contribution in [3.63, 3.8) is 0 Å². The van der Waals surface area contributed by atoms with E-state index in [9.17, 15) is 8.42 Å². The lowest BCUT2D eigenvalue weighted by atomic mass is 10.2. The van der Waals surface area contributed by atoms with Crippen molar-refractivity contribution in [2.24, 2.45) is 0 Å². The van der Waals surface area contributed by atoms with Gasteiger partial charge in [0.05, 0.1) is 32.4 Å². The number of hydrogen-bond acceptors (Lipinski definition) is 6. The first-order valence-corrected chi connectivity index (χ1v) is 10.7. The second kappa shape index (κ2) is 7.04. The molecular formula is C17H15N3O2S3. The van der Waals surface area contributed by atoms with E-state index < -0.39 is 10.0 Å². The van der Waals surface area contributed by atoms with Crippen LogP contribution in [-0.4, -0.2) is 18.7 Å². The van der Waals surface area contributed by atoms with E-state index in [1.54, 1.807) is 35.2 Å². The number of rotatable bonds is 5. The zero-order chi connectivity index (χ0) is 18.0. The molecule has 8 heteroatoms. The quantitative estimate of drug-likeness (QED) is 0.651. The highest BCUT2D eigenvalue weighted by Gasteiger charge is 2.15. The highest BCUT2D eigenvalue weighted by Crippen LogP contribution is 2.33. The Morgan fingerprint density at radius 3 is 2.56 bits per heavy atom. The van der Waals surface area contributed by atoms with Crippen molar-refractivity contribution < 1.29 is 8.42 Å². The number of benzene rings is 2. The molecule has 0 aliphatic carbocycles. The van der Waals surface area contributed by atoms with Crippen molar-refractivity contribution in [3.8, 4) is 6.07 Å². The number of aromatic nitrogens is 1. The van der Waals surface area contributed by atoms with Crippen LogP contribution in [0.3, 0.4) is 0 Å². The van der Waals surface area contributed by atoms with E-state index in [-0.39, 0.29) is 4.90 Å². The molecule has 1 N–H and O–H groups in total. The lowest BCUT2D eigenvalue weighted by Crippen LogP contribution is -2.12. The number of sulfonamides is 1. The summed E-state index contributed by atoms with van der Waals surface area (Å²) in [6.07, 6.45) is 0. The normalized spacial score (nSPS) is 11.6. The van der Waals surface area contributed by atoms with Crippen LogP contribution in [0.15, 0.2) is 51.7 Å². The van der Waals surface area contributed by atoms with E-state index in [2.05, 4.69) is 23.6 Å². The summed E-state index contributed by atoms with van der Waals surface area (Å²) in [5.74, 6) is 0. The molecule has 0 amide bonds. The molecule has 128 valence electrons. The maximum atomic E-state index is 12.5. The van der Waals surface area contributed by atoms with E-state index in [0.717, 1.165) is 14.6 Å². The van der Waals surface area contributed by atoms with Gasteiger partial charge in [-0.2, -0.15) is 5.26 Å². The van der Waals surface area contributed by atoms with Gasteiger partial charge in [0.1, 0.15) is 0 Å². The van der Waals surface area contributed by atoms with Gasteiger partial charge < -0.3 is 0 Å². The third-order valence-electron chi connectivity index (χ3n) is 3.25. The highest BCUT2D eigenvalue weighted by atomic mass is 32.2. The number of nitriles is 1. The Kier molecular flexibility index (Phi) is 4.99. The number of fused-ring (bicyclic) bond motifs is 1. The van der Waals surface area contributed by atoms with Gasteiger partial charge in [0.2, 0.25) is 0 Å². The average Bonchev–Trinajstić information content (AvgIpc) is 2.95. The van der Waals surface area contributed by atoms with Gasteiger partial charge >= 0.3 is 0 Å². The SMILES string of the molecule is CC(C)Sc1nc2ccc(NS(=O)(=O)c3ccc(C#N)cc3)cc2s1. The number of nitrogens with one attached hydrogen (secondary N) is 1. The van der Waals surface area contributed by atoms with Crippen LogP contribution >= 0.6 is 23.1 Å². The second-order valence-electron chi connectivity index (χ2n) is 5.57. The monoisotopic (exact) mass is 389 g/mol. The molecule has 0 spiro atoms. The summed E-state index contributed by atoms with van der Waals surface area (Å²) in [7, 11) is -3.70. The minimum Gasteiger partial charge on any atom is -0.280 e. The summed E-state index contributed by atoms with van der Waals surface area (Å²) >= 11 is 3.23. The van der Waals surface area contributed by atoms with Crippen LogP contribution in [-0.2, 0) is 10.0 Å². The van der Waals surface area contributed by atoms with Crippen molar-refractivity contribution in [1.29, 1.82) is 5.26 Å². The molecule has 1 heterocycles. The summed E-state index contributed by atoms with van der Waals surface area (Å²) < 4.78 is 29.4. The number of nitrogens with zero attached hydrogens (tertiary/aromatic N) is 2. The van der Waals surface area contributed by atoms with Gasteiger partial charge in [-0.3, -0.25) is 4.72 Å². The Bertz CT molecular complexity index is 1050. The Balaban J connectivity index is 1.87. The van der Waals surface area contributed by atoms with Crippen molar-refractivity contribution >= 4 is 49.0 Å². The average molecular weight is 390 g/mol. The molecule has 0 fully saturated rings. The van der Waals surface area contributed by atoms with Gasteiger partial charge in [-0.05, 0) is 42.5 Å². The lowest BCUT2D eigenvalue weighted by molar-refractivity contribution is 0.601. The van der Waals surface area contributed by atoms with E-state index in [1.807, 2.05) is 12.1 Å². The molecule has 0 atom stereocenters. The first kappa shape index (κ1) is 17.7. The van der Waals surface area contributed by atoms with Crippen molar-refractivity contribution in [3.05, 3.63) is 48.0 Å². The number of hydrogen-bond donors (Lipinski definition) is 1. The van der Waals surface area contributed by atoms with Gasteiger partial charge in [-0.15, -0.1) is 11.3 Å².